The minimum atomic E-state index is -0.784. The van der Waals surface area contributed by atoms with Gasteiger partial charge in [0.1, 0.15) is 38.3 Å². The van der Waals surface area contributed by atoms with Crippen LogP contribution in [0.2, 0.25) is 0 Å². The number of rotatable bonds is 10. The van der Waals surface area contributed by atoms with Crippen LogP contribution in [0.4, 0.5) is 10.7 Å². The lowest BCUT2D eigenvalue weighted by Gasteiger charge is -2.17. The lowest BCUT2D eigenvalue weighted by atomic mass is 10.2. The number of carbonyl (C=O) groups is 3. The van der Waals surface area contributed by atoms with E-state index in [1.807, 2.05) is 0 Å². The maximum absolute atomic E-state index is 12.0. The summed E-state index contributed by atoms with van der Waals surface area (Å²) in [6, 6.07) is 0. The SMILES string of the molecule is C=CCOC(=O)Nc1nc(OCC=C)c2ncn([C@H]3C[C@H](OC(C)=O)[C@@H](COC(C)=O)O3)c2n1. The molecule has 1 N–H and O–H groups in total. The van der Waals surface area contributed by atoms with Crippen molar-refractivity contribution < 1.29 is 38.1 Å². The average Bonchev–Trinajstić information content (AvgIpc) is 3.38. The Morgan fingerprint density at radius 1 is 1.18 bits per heavy atom. The standard InChI is InChI=1S/C21H25N5O8/c1-5-7-30-19-17-18(23-20(24-19)25-21(29)31-8-6-2)26(11-22-17)16-9-14(33-13(4)28)15(34-16)10-32-12(3)27/h5-6,11,14-16H,1-2,7-10H2,3-4H3,(H,23,24,25,29)/t14-,15+,16+/m0/s1. The summed E-state index contributed by atoms with van der Waals surface area (Å²) in [7, 11) is 0. The number of nitrogens with one attached hydrogen (secondary N) is 1. The first-order valence-electron chi connectivity index (χ1n) is 10.3. The van der Waals surface area contributed by atoms with Gasteiger partial charge in [-0.15, -0.1) is 0 Å². The minimum absolute atomic E-state index is 0.00298. The van der Waals surface area contributed by atoms with Crippen LogP contribution >= 0.6 is 0 Å². The zero-order chi connectivity index (χ0) is 24.7. The van der Waals surface area contributed by atoms with Crippen LogP contribution in [0, 0.1) is 0 Å². The van der Waals surface area contributed by atoms with Crippen molar-refractivity contribution in [3.8, 4) is 5.88 Å². The molecule has 0 aromatic carbocycles. The number of ether oxygens (including phenoxy) is 5. The van der Waals surface area contributed by atoms with Gasteiger partial charge in [0.2, 0.25) is 11.8 Å². The van der Waals surface area contributed by atoms with E-state index in [1.165, 1.54) is 32.3 Å². The van der Waals surface area contributed by atoms with E-state index in [2.05, 4.69) is 33.4 Å². The first kappa shape index (κ1) is 24.6. The van der Waals surface area contributed by atoms with Gasteiger partial charge in [-0.1, -0.05) is 25.3 Å². The lowest BCUT2D eigenvalue weighted by Crippen LogP contribution is -2.31. The Labute approximate surface area is 194 Å². The number of imidazole rings is 1. The molecule has 2 aromatic rings. The third kappa shape index (κ3) is 6.07. The van der Waals surface area contributed by atoms with Crippen LogP contribution in [0.3, 0.4) is 0 Å². The second-order valence-corrected chi connectivity index (χ2v) is 7.10. The molecule has 0 saturated carbocycles. The number of esters is 2. The number of hydrogen-bond acceptors (Lipinski definition) is 11. The summed E-state index contributed by atoms with van der Waals surface area (Å²) in [6.45, 7) is 9.68. The second kappa shape index (κ2) is 11.2. The van der Waals surface area contributed by atoms with E-state index in [4.69, 9.17) is 23.7 Å². The summed E-state index contributed by atoms with van der Waals surface area (Å²) in [5, 5.41) is 2.42. The van der Waals surface area contributed by atoms with Crippen LogP contribution in [0.25, 0.3) is 11.2 Å². The van der Waals surface area contributed by atoms with Crippen molar-refractivity contribution in [1.82, 2.24) is 19.5 Å². The van der Waals surface area contributed by atoms with Crippen molar-refractivity contribution in [1.29, 1.82) is 0 Å². The Morgan fingerprint density at radius 2 is 1.94 bits per heavy atom. The van der Waals surface area contributed by atoms with Crippen LogP contribution in [0.15, 0.2) is 31.6 Å². The molecule has 2 aromatic heterocycles. The Kier molecular flexibility index (Phi) is 8.14. The fourth-order valence-corrected chi connectivity index (χ4v) is 3.22. The van der Waals surface area contributed by atoms with E-state index in [0.29, 0.717) is 5.52 Å². The summed E-state index contributed by atoms with van der Waals surface area (Å²) in [5.74, 6) is -0.968. The second-order valence-electron chi connectivity index (χ2n) is 7.10. The van der Waals surface area contributed by atoms with Crippen molar-refractivity contribution in [2.24, 2.45) is 0 Å². The van der Waals surface area contributed by atoms with Gasteiger partial charge in [0.25, 0.3) is 0 Å². The Balaban J connectivity index is 1.92. The number of fused-ring (bicyclic) bond motifs is 1. The summed E-state index contributed by atoms with van der Waals surface area (Å²) in [5.41, 5.74) is 0.593. The summed E-state index contributed by atoms with van der Waals surface area (Å²) >= 11 is 0. The first-order valence-corrected chi connectivity index (χ1v) is 10.3. The highest BCUT2D eigenvalue weighted by Gasteiger charge is 2.40. The third-order valence-corrected chi connectivity index (χ3v) is 4.53. The average molecular weight is 475 g/mol. The number of carbonyl (C=O) groups excluding carboxylic acids is 3. The number of anilines is 1. The highest BCUT2D eigenvalue weighted by molar-refractivity contribution is 5.85. The number of hydrogen-bond donors (Lipinski definition) is 1. The maximum atomic E-state index is 12.0. The molecule has 1 amide bonds. The van der Waals surface area contributed by atoms with Gasteiger partial charge >= 0.3 is 18.0 Å². The zero-order valence-corrected chi connectivity index (χ0v) is 18.8. The fraction of sp³-hybridized carbons (Fsp3) is 0.429. The van der Waals surface area contributed by atoms with Gasteiger partial charge < -0.3 is 23.7 Å². The number of nitrogens with zero attached hydrogens (tertiary/aromatic N) is 4. The fourth-order valence-electron chi connectivity index (χ4n) is 3.22. The first-order chi connectivity index (χ1) is 16.3. The van der Waals surface area contributed by atoms with E-state index in [9.17, 15) is 14.4 Å². The molecule has 0 spiro atoms. The molecule has 1 aliphatic rings. The van der Waals surface area contributed by atoms with Crippen molar-refractivity contribution in [2.45, 2.75) is 38.7 Å². The molecule has 1 fully saturated rings. The van der Waals surface area contributed by atoms with Crippen LogP contribution < -0.4 is 10.1 Å². The van der Waals surface area contributed by atoms with Crippen LogP contribution in [-0.2, 0) is 28.5 Å². The van der Waals surface area contributed by atoms with Gasteiger partial charge in [-0.25, -0.2) is 9.78 Å². The van der Waals surface area contributed by atoms with Crippen LogP contribution in [-0.4, -0.2) is 69.6 Å². The monoisotopic (exact) mass is 475 g/mol. The van der Waals surface area contributed by atoms with Gasteiger partial charge in [0.15, 0.2) is 11.2 Å². The molecule has 1 aliphatic heterocycles. The van der Waals surface area contributed by atoms with Gasteiger partial charge in [-0.3, -0.25) is 19.5 Å². The third-order valence-electron chi connectivity index (χ3n) is 4.53. The van der Waals surface area contributed by atoms with E-state index in [-0.39, 0.29) is 43.7 Å². The highest BCUT2D eigenvalue weighted by atomic mass is 16.6. The molecule has 3 atom stereocenters. The summed E-state index contributed by atoms with van der Waals surface area (Å²) in [4.78, 5) is 47.6. The molecular weight excluding hydrogens is 450 g/mol. The molecule has 182 valence electrons. The molecule has 0 aliphatic carbocycles. The van der Waals surface area contributed by atoms with Gasteiger partial charge in [0, 0.05) is 20.3 Å². The Hall–Kier alpha value is -4.00. The van der Waals surface area contributed by atoms with Crippen LogP contribution in [0.1, 0.15) is 26.5 Å². The summed E-state index contributed by atoms with van der Waals surface area (Å²) in [6.07, 6.45) is 1.84. The molecule has 0 bridgehead atoms. The smallest absolute Gasteiger partial charge is 0.414 e. The number of amides is 1. The molecule has 3 rings (SSSR count). The molecular formula is C21H25N5O8. The molecule has 13 nitrogen and oxygen atoms in total. The predicted molar refractivity (Wildman–Crippen MR) is 117 cm³/mol. The quantitative estimate of drug-likeness (QED) is 0.304. The maximum Gasteiger partial charge on any atom is 0.414 e. The molecule has 0 radical (unpaired) electrons. The molecule has 34 heavy (non-hydrogen) atoms. The molecule has 1 saturated heterocycles. The minimum Gasteiger partial charge on any atom is -0.472 e. The van der Waals surface area contributed by atoms with Crippen LogP contribution in [0.5, 0.6) is 5.88 Å². The number of aromatic nitrogens is 4. The van der Waals surface area contributed by atoms with Crippen molar-refractivity contribution >= 4 is 35.1 Å². The van der Waals surface area contributed by atoms with E-state index >= 15 is 0 Å². The predicted octanol–water partition coefficient (Wildman–Crippen LogP) is 1.91. The van der Waals surface area contributed by atoms with Gasteiger partial charge in [-0.2, -0.15) is 9.97 Å². The molecule has 3 heterocycles. The Bertz CT molecular complexity index is 1080. The largest absolute Gasteiger partial charge is 0.472 e. The van der Waals surface area contributed by atoms with Gasteiger partial charge in [-0.05, 0) is 0 Å². The van der Waals surface area contributed by atoms with E-state index in [0.717, 1.165) is 0 Å². The summed E-state index contributed by atoms with van der Waals surface area (Å²) < 4.78 is 28.5. The Morgan fingerprint density at radius 3 is 2.62 bits per heavy atom. The van der Waals surface area contributed by atoms with Crippen molar-refractivity contribution in [3.05, 3.63) is 31.6 Å². The normalized spacial score (nSPS) is 19.3. The van der Waals surface area contributed by atoms with E-state index < -0.39 is 36.5 Å². The van der Waals surface area contributed by atoms with Gasteiger partial charge in [0.05, 0.1) is 6.33 Å². The molecule has 13 heteroatoms. The van der Waals surface area contributed by atoms with Crippen molar-refractivity contribution in [2.75, 3.05) is 25.1 Å². The molecule has 0 unspecified atom stereocenters. The van der Waals surface area contributed by atoms with E-state index in [1.54, 1.807) is 4.57 Å². The topological polar surface area (TPSA) is 153 Å². The highest BCUT2D eigenvalue weighted by Crippen LogP contribution is 2.34. The lowest BCUT2D eigenvalue weighted by molar-refractivity contribution is -0.155. The zero-order valence-electron chi connectivity index (χ0n) is 18.8. The van der Waals surface area contributed by atoms with Crippen molar-refractivity contribution in [3.63, 3.8) is 0 Å².